The highest BCUT2D eigenvalue weighted by Gasteiger charge is 2.20. The van der Waals surface area contributed by atoms with Gasteiger partial charge < -0.3 is 10.0 Å². The number of likely N-dealkylation sites (N-methyl/N-ethyl adjacent to an activating group) is 1. The van der Waals surface area contributed by atoms with Crippen LogP contribution in [0.3, 0.4) is 0 Å². The molecule has 0 aromatic rings. The van der Waals surface area contributed by atoms with E-state index in [1.54, 1.807) is 0 Å². The van der Waals surface area contributed by atoms with Crippen molar-refractivity contribution in [2.75, 3.05) is 20.1 Å². The van der Waals surface area contributed by atoms with Crippen molar-refractivity contribution >= 4 is 0 Å². The Balaban J connectivity index is 2.20. The van der Waals surface area contributed by atoms with E-state index in [0.717, 1.165) is 19.0 Å². The molecule has 0 spiro atoms. The lowest BCUT2D eigenvalue weighted by Crippen LogP contribution is -2.38. The van der Waals surface area contributed by atoms with Gasteiger partial charge in [0, 0.05) is 13.1 Å². The normalized spacial score (nSPS) is 20.1. The van der Waals surface area contributed by atoms with Crippen molar-refractivity contribution in [2.45, 2.75) is 45.1 Å². The van der Waals surface area contributed by atoms with E-state index in [1.807, 2.05) is 13.8 Å². The molecule has 0 unspecified atom stereocenters. The SMILES string of the molecule is CN(CC1CCCC1)CC(C)(C)O. The van der Waals surface area contributed by atoms with Gasteiger partial charge in [0.1, 0.15) is 0 Å². The smallest absolute Gasteiger partial charge is 0.0718 e. The molecule has 1 rings (SSSR count). The number of hydrogen-bond donors (Lipinski definition) is 1. The first-order chi connectivity index (χ1) is 5.97. The summed E-state index contributed by atoms with van der Waals surface area (Å²) in [4.78, 5) is 2.26. The maximum atomic E-state index is 9.62. The maximum absolute atomic E-state index is 9.62. The molecule has 1 aliphatic carbocycles. The summed E-state index contributed by atoms with van der Waals surface area (Å²) in [7, 11) is 2.11. The first-order valence-electron chi connectivity index (χ1n) is 5.38. The zero-order chi connectivity index (χ0) is 9.90. The summed E-state index contributed by atoms with van der Waals surface area (Å²) in [6.07, 6.45) is 5.58. The van der Waals surface area contributed by atoms with Crippen LogP contribution in [0.25, 0.3) is 0 Å². The third-order valence-corrected chi connectivity index (χ3v) is 2.70. The largest absolute Gasteiger partial charge is 0.389 e. The fourth-order valence-electron chi connectivity index (χ4n) is 2.36. The number of nitrogens with zero attached hydrogens (tertiary/aromatic N) is 1. The van der Waals surface area contributed by atoms with Gasteiger partial charge in [-0.2, -0.15) is 0 Å². The Bertz CT molecular complexity index is 145. The van der Waals surface area contributed by atoms with Crippen molar-refractivity contribution in [2.24, 2.45) is 5.92 Å². The average molecular weight is 185 g/mol. The molecular formula is C11H23NO. The quantitative estimate of drug-likeness (QED) is 0.723. The summed E-state index contributed by atoms with van der Waals surface area (Å²) in [6.45, 7) is 5.68. The molecule has 0 heterocycles. The van der Waals surface area contributed by atoms with Crippen molar-refractivity contribution in [1.82, 2.24) is 4.90 Å². The second kappa shape index (κ2) is 4.43. The van der Waals surface area contributed by atoms with E-state index in [2.05, 4.69) is 11.9 Å². The highest BCUT2D eigenvalue weighted by molar-refractivity contribution is 4.74. The Morgan fingerprint density at radius 3 is 2.31 bits per heavy atom. The minimum Gasteiger partial charge on any atom is -0.389 e. The number of aliphatic hydroxyl groups is 1. The Morgan fingerprint density at radius 1 is 1.31 bits per heavy atom. The molecule has 78 valence electrons. The maximum Gasteiger partial charge on any atom is 0.0718 e. The zero-order valence-electron chi connectivity index (χ0n) is 9.21. The molecule has 0 radical (unpaired) electrons. The monoisotopic (exact) mass is 185 g/mol. The summed E-state index contributed by atoms with van der Waals surface area (Å²) < 4.78 is 0. The molecule has 0 saturated heterocycles. The van der Waals surface area contributed by atoms with Crippen LogP contribution in [0.15, 0.2) is 0 Å². The van der Waals surface area contributed by atoms with Crippen LogP contribution in [0.2, 0.25) is 0 Å². The molecule has 1 fully saturated rings. The third-order valence-electron chi connectivity index (χ3n) is 2.70. The van der Waals surface area contributed by atoms with Crippen LogP contribution in [0.1, 0.15) is 39.5 Å². The van der Waals surface area contributed by atoms with E-state index in [0.29, 0.717) is 0 Å². The van der Waals surface area contributed by atoms with E-state index < -0.39 is 5.60 Å². The van der Waals surface area contributed by atoms with Crippen molar-refractivity contribution in [3.05, 3.63) is 0 Å². The van der Waals surface area contributed by atoms with Gasteiger partial charge >= 0.3 is 0 Å². The fraction of sp³-hybridized carbons (Fsp3) is 1.00. The lowest BCUT2D eigenvalue weighted by Gasteiger charge is -2.27. The molecule has 1 saturated carbocycles. The zero-order valence-corrected chi connectivity index (χ0v) is 9.21. The van der Waals surface area contributed by atoms with Gasteiger partial charge in [-0.15, -0.1) is 0 Å². The molecule has 0 bridgehead atoms. The first kappa shape index (κ1) is 11.0. The Kier molecular flexibility index (Phi) is 3.74. The van der Waals surface area contributed by atoms with Crippen LogP contribution in [-0.4, -0.2) is 35.7 Å². The van der Waals surface area contributed by atoms with Crippen LogP contribution >= 0.6 is 0 Å². The molecule has 2 heteroatoms. The predicted molar refractivity (Wildman–Crippen MR) is 55.8 cm³/mol. The number of rotatable bonds is 4. The first-order valence-corrected chi connectivity index (χ1v) is 5.38. The van der Waals surface area contributed by atoms with Gasteiger partial charge in [0.25, 0.3) is 0 Å². The van der Waals surface area contributed by atoms with Crippen LogP contribution in [0.4, 0.5) is 0 Å². The molecule has 1 N–H and O–H groups in total. The molecule has 0 aromatic carbocycles. The van der Waals surface area contributed by atoms with Crippen LogP contribution in [0, 0.1) is 5.92 Å². The van der Waals surface area contributed by atoms with E-state index in [9.17, 15) is 5.11 Å². The molecule has 0 amide bonds. The summed E-state index contributed by atoms with van der Waals surface area (Å²) in [5, 5.41) is 9.62. The second-order valence-corrected chi connectivity index (χ2v) is 5.16. The van der Waals surface area contributed by atoms with Gasteiger partial charge in [0.2, 0.25) is 0 Å². The lowest BCUT2D eigenvalue weighted by atomic mass is 10.1. The van der Waals surface area contributed by atoms with Gasteiger partial charge in [-0.05, 0) is 39.7 Å². The van der Waals surface area contributed by atoms with Gasteiger partial charge in [-0.25, -0.2) is 0 Å². The molecular weight excluding hydrogens is 162 g/mol. The summed E-state index contributed by atoms with van der Waals surface area (Å²) in [6, 6.07) is 0. The van der Waals surface area contributed by atoms with E-state index in [-0.39, 0.29) is 0 Å². The third kappa shape index (κ3) is 4.63. The molecule has 1 aliphatic rings. The second-order valence-electron chi connectivity index (χ2n) is 5.16. The molecule has 0 aromatic heterocycles. The van der Waals surface area contributed by atoms with Crippen LogP contribution in [0.5, 0.6) is 0 Å². The Morgan fingerprint density at radius 2 is 1.85 bits per heavy atom. The molecule has 13 heavy (non-hydrogen) atoms. The van der Waals surface area contributed by atoms with Gasteiger partial charge in [-0.3, -0.25) is 0 Å². The summed E-state index contributed by atoms with van der Waals surface area (Å²) >= 11 is 0. The fourth-order valence-corrected chi connectivity index (χ4v) is 2.36. The minimum absolute atomic E-state index is 0.548. The van der Waals surface area contributed by atoms with E-state index in [4.69, 9.17) is 0 Å². The topological polar surface area (TPSA) is 23.5 Å². The van der Waals surface area contributed by atoms with Gasteiger partial charge in [0.05, 0.1) is 5.60 Å². The Hall–Kier alpha value is -0.0800. The van der Waals surface area contributed by atoms with Crippen molar-refractivity contribution in [1.29, 1.82) is 0 Å². The minimum atomic E-state index is -0.548. The Labute approximate surface area is 81.9 Å². The highest BCUT2D eigenvalue weighted by Crippen LogP contribution is 2.25. The van der Waals surface area contributed by atoms with Crippen molar-refractivity contribution in [3.63, 3.8) is 0 Å². The van der Waals surface area contributed by atoms with E-state index in [1.165, 1.54) is 25.7 Å². The van der Waals surface area contributed by atoms with Crippen molar-refractivity contribution in [3.8, 4) is 0 Å². The van der Waals surface area contributed by atoms with Gasteiger partial charge in [0.15, 0.2) is 0 Å². The number of hydrogen-bond acceptors (Lipinski definition) is 2. The van der Waals surface area contributed by atoms with Crippen LogP contribution in [-0.2, 0) is 0 Å². The molecule has 0 aliphatic heterocycles. The average Bonchev–Trinajstić information content (AvgIpc) is 2.34. The lowest BCUT2D eigenvalue weighted by molar-refractivity contribution is 0.0404. The highest BCUT2D eigenvalue weighted by atomic mass is 16.3. The summed E-state index contributed by atoms with van der Waals surface area (Å²) in [5.41, 5.74) is -0.548. The molecule has 0 atom stereocenters. The molecule has 2 nitrogen and oxygen atoms in total. The predicted octanol–water partition coefficient (Wildman–Crippen LogP) is 1.88. The van der Waals surface area contributed by atoms with E-state index >= 15 is 0 Å². The summed E-state index contributed by atoms with van der Waals surface area (Å²) in [5.74, 6) is 0.882. The standard InChI is InChI=1S/C11H23NO/c1-11(2,13)9-12(3)8-10-6-4-5-7-10/h10,13H,4-9H2,1-3H3. The van der Waals surface area contributed by atoms with Crippen molar-refractivity contribution < 1.29 is 5.11 Å². The van der Waals surface area contributed by atoms with Gasteiger partial charge in [-0.1, -0.05) is 12.8 Å². The van der Waals surface area contributed by atoms with Crippen LogP contribution < -0.4 is 0 Å².